The number of nitrogens with one attached hydrogen (secondary N) is 1. The number of nitrogens with two attached hydrogens (primary N) is 1. The van der Waals surface area contributed by atoms with Crippen molar-refractivity contribution in [2.75, 3.05) is 0 Å². The van der Waals surface area contributed by atoms with Crippen molar-refractivity contribution in [2.45, 2.75) is 51.6 Å². The van der Waals surface area contributed by atoms with Crippen LogP contribution in [0.4, 0.5) is 0 Å². The lowest BCUT2D eigenvalue weighted by molar-refractivity contribution is -0.123. The second kappa shape index (κ2) is 7.79. The number of carbonyl (C=O) groups excluding carboxylic acids is 1. The number of phenols is 1. The monoisotopic (exact) mass is 264 g/mol. The van der Waals surface area contributed by atoms with Gasteiger partial charge in [-0.25, -0.2) is 0 Å². The minimum Gasteiger partial charge on any atom is -0.508 e. The summed E-state index contributed by atoms with van der Waals surface area (Å²) < 4.78 is 0. The molecular weight excluding hydrogens is 240 g/mol. The van der Waals surface area contributed by atoms with Crippen LogP contribution in [0.1, 0.15) is 38.7 Å². The zero-order chi connectivity index (χ0) is 14.3. The number of benzene rings is 1. The van der Waals surface area contributed by atoms with E-state index in [2.05, 4.69) is 19.2 Å². The van der Waals surface area contributed by atoms with Gasteiger partial charge in [-0.05, 0) is 37.0 Å². The summed E-state index contributed by atoms with van der Waals surface area (Å²) in [6, 6.07) is 6.44. The number of hydrogen-bond donors (Lipinski definition) is 3. The van der Waals surface area contributed by atoms with Crippen LogP contribution in [0.25, 0.3) is 0 Å². The number of phenolic OH excluding ortho intramolecular Hbond substituents is 1. The fourth-order valence-corrected chi connectivity index (χ4v) is 2.01. The van der Waals surface area contributed by atoms with E-state index >= 15 is 0 Å². The summed E-state index contributed by atoms with van der Waals surface area (Å²) in [6.45, 7) is 4.16. The molecule has 0 saturated heterocycles. The summed E-state index contributed by atoms with van der Waals surface area (Å²) in [6.07, 6.45) is 3.43. The normalized spacial score (nSPS) is 13.8. The number of aromatic hydroxyl groups is 1. The maximum atomic E-state index is 12.0. The Labute approximate surface area is 115 Å². The summed E-state index contributed by atoms with van der Waals surface area (Å²) in [7, 11) is 0. The third-order valence-electron chi connectivity index (χ3n) is 3.21. The lowest BCUT2D eigenvalue weighted by Gasteiger charge is -2.19. The van der Waals surface area contributed by atoms with Gasteiger partial charge in [0.05, 0.1) is 6.04 Å². The van der Waals surface area contributed by atoms with E-state index in [0.29, 0.717) is 6.42 Å². The van der Waals surface area contributed by atoms with E-state index in [4.69, 9.17) is 5.73 Å². The predicted octanol–water partition coefficient (Wildman–Crippen LogP) is 1.96. The number of rotatable bonds is 7. The maximum absolute atomic E-state index is 12.0. The van der Waals surface area contributed by atoms with Crippen LogP contribution in [0, 0.1) is 0 Å². The van der Waals surface area contributed by atoms with Crippen molar-refractivity contribution in [3.8, 4) is 5.75 Å². The van der Waals surface area contributed by atoms with Gasteiger partial charge >= 0.3 is 0 Å². The zero-order valence-corrected chi connectivity index (χ0v) is 11.7. The molecule has 106 valence electrons. The van der Waals surface area contributed by atoms with Crippen molar-refractivity contribution >= 4 is 5.91 Å². The summed E-state index contributed by atoms with van der Waals surface area (Å²) >= 11 is 0. The smallest absolute Gasteiger partial charge is 0.237 e. The second-order valence-corrected chi connectivity index (χ2v) is 4.88. The standard InChI is InChI=1S/C15H24N2O2/c1-3-5-12(4-2)17-15(19)14(16)10-11-6-8-13(18)9-7-11/h6-9,12,14,18H,3-5,10,16H2,1-2H3,(H,17,19)/t12?,14-/m0/s1. The summed E-state index contributed by atoms with van der Waals surface area (Å²) in [4.78, 5) is 12.0. The van der Waals surface area contributed by atoms with Gasteiger partial charge in [-0.1, -0.05) is 32.4 Å². The van der Waals surface area contributed by atoms with Crippen LogP contribution in [0.2, 0.25) is 0 Å². The largest absolute Gasteiger partial charge is 0.508 e. The molecule has 1 rings (SSSR count). The summed E-state index contributed by atoms with van der Waals surface area (Å²) in [5.74, 6) is 0.115. The molecule has 0 fully saturated rings. The Morgan fingerprint density at radius 1 is 1.32 bits per heavy atom. The first-order valence-corrected chi connectivity index (χ1v) is 6.90. The molecule has 1 amide bonds. The van der Waals surface area contributed by atoms with Gasteiger partial charge in [0.2, 0.25) is 5.91 Å². The van der Waals surface area contributed by atoms with Crippen LogP contribution in [0.5, 0.6) is 5.75 Å². The first-order chi connectivity index (χ1) is 9.06. The molecule has 4 heteroatoms. The predicted molar refractivity (Wildman–Crippen MR) is 76.9 cm³/mol. The van der Waals surface area contributed by atoms with Gasteiger partial charge in [0.15, 0.2) is 0 Å². The van der Waals surface area contributed by atoms with E-state index in [1.807, 2.05) is 0 Å². The second-order valence-electron chi connectivity index (χ2n) is 4.88. The van der Waals surface area contributed by atoms with Gasteiger partial charge < -0.3 is 16.2 Å². The lowest BCUT2D eigenvalue weighted by Crippen LogP contribution is -2.46. The molecule has 19 heavy (non-hydrogen) atoms. The molecule has 0 aromatic heterocycles. The van der Waals surface area contributed by atoms with Crippen molar-refractivity contribution in [3.05, 3.63) is 29.8 Å². The van der Waals surface area contributed by atoms with Crippen LogP contribution in [-0.4, -0.2) is 23.1 Å². The van der Waals surface area contributed by atoms with Crippen molar-refractivity contribution in [1.82, 2.24) is 5.32 Å². The van der Waals surface area contributed by atoms with E-state index in [1.54, 1.807) is 24.3 Å². The molecule has 0 heterocycles. The maximum Gasteiger partial charge on any atom is 0.237 e. The Kier molecular flexibility index (Phi) is 6.36. The Bertz CT molecular complexity index is 390. The van der Waals surface area contributed by atoms with Crippen molar-refractivity contribution in [2.24, 2.45) is 5.73 Å². The Balaban J connectivity index is 2.50. The molecule has 1 unspecified atom stereocenters. The highest BCUT2D eigenvalue weighted by Gasteiger charge is 2.17. The molecule has 0 radical (unpaired) electrons. The first-order valence-electron chi connectivity index (χ1n) is 6.90. The average molecular weight is 264 g/mol. The fraction of sp³-hybridized carbons (Fsp3) is 0.533. The minimum atomic E-state index is -0.546. The molecule has 0 bridgehead atoms. The molecule has 0 aliphatic carbocycles. The molecule has 2 atom stereocenters. The number of amides is 1. The third-order valence-corrected chi connectivity index (χ3v) is 3.21. The highest BCUT2D eigenvalue weighted by Crippen LogP contribution is 2.11. The van der Waals surface area contributed by atoms with Crippen LogP contribution < -0.4 is 11.1 Å². The highest BCUT2D eigenvalue weighted by molar-refractivity contribution is 5.82. The van der Waals surface area contributed by atoms with Crippen LogP contribution in [0.15, 0.2) is 24.3 Å². The van der Waals surface area contributed by atoms with Gasteiger partial charge in [0.25, 0.3) is 0 Å². The SMILES string of the molecule is CCCC(CC)NC(=O)[C@@H](N)Cc1ccc(O)cc1. The Hall–Kier alpha value is -1.55. The van der Waals surface area contributed by atoms with Crippen molar-refractivity contribution in [1.29, 1.82) is 0 Å². The van der Waals surface area contributed by atoms with Crippen LogP contribution >= 0.6 is 0 Å². The van der Waals surface area contributed by atoms with Gasteiger partial charge in [-0.3, -0.25) is 4.79 Å². The fourth-order valence-electron chi connectivity index (χ4n) is 2.01. The molecule has 0 aliphatic rings. The molecule has 0 spiro atoms. The Morgan fingerprint density at radius 3 is 2.47 bits per heavy atom. The first kappa shape index (κ1) is 15.5. The molecule has 1 aromatic carbocycles. The molecule has 0 saturated carbocycles. The molecule has 4 nitrogen and oxygen atoms in total. The van der Waals surface area contributed by atoms with E-state index < -0.39 is 6.04 Å². The quantitative estimate of drug-likeness (QED) is 0.704. The van der Waals surface area contributed by atoms with E-state index in [0.717, 1.165) is 24.8 Å². The van der Waals surface area contributed by atoms with E-state index in [9.17, 15) is 9.90 Å². The van der Waals surface area contributed by atoms with E-state index in [-0.39, 0.29) is 17.7 Å². The topological polar surface area (TPSA) is 75.4 Å². The van der Waals surface area contributed by atoms with Gasteiger partial charge in [0, 0.05) is 6.04 Å². The molecule has 1 aromatic rings. The van der Waals surface area contributed by atoms with Gasteiger partial charge in [-0.2, -0.15) is 0 Å². The van der Waals surface area contributed by atoms with Crippen molar-refractivity contribution < 1.29 is 9.90 Å². The minimum absolute atomic E-state index is 0.103. The Morgan fingerprint density at radius 2 is 1.95 bits per heavy atom. The van der Waals surface area contributed by atoms with Crippen LogP contribution in [-0.2, 0) is 11.2 Å². The molecule has 0 aliphatic heterocycles. The van der Waals surface area contributed by atoms with Gasteiger partial charge in [-0.15, -0.1) is 0 Å². The average Bonchev–Trinajstić information content (AvgIpc) is 2.40. The summed E-state index contributed by atoms with van der Waals surface area (Å²) in [5, 5.41) is 12.2. The van der Waals surface area contributed by atoms with Gasteiger partial charge in [0.1, 0.15) is 5.75 Å². The highest BCUT2D eigenvalue weighted by atomic mass is 16.3. The van der Waals surface area contributed by atoms with Crippen LogP contribution in [0.3, 0.4) is 0 Å². The number of carbonyl (C=O) groups is 1. The molecular formula is C15H24N2O2. The lowest BCUT2D eigenvalue weighted by atomic mass is 10.0. The number of hydrogen-bond acceptors (Lipinski definition) is 3. The van der Waals surface area contributed by atoms with Crippen molar-refractivity contribution in [3.63, 3.8) is 0 Å². The van der Waals surface area contributed by atoms with E-state index in [1.165, 1.54) is 0 Å². The molecule has 4 N–H and O–H groups in total. The zero-order valence-electron chi connectivity index (χ0n) is 11.7. The third kappa shape index (κ3) is 5.30. The summed E-state index contributed by atoms with van der Waals surface area (Å²) in [5.41, 5.74) is 6.86.